The van der Waals surface area contributed by atoms with E-state index in [1.165, 1.54) is 32.2 Å². The van der Waals surface area contributed by atoms with Crippen LogP contribution in [0.5, 0.6) is 0 Å². The van der Waals surface area contributed by atoms with Crippen LogP contribution >= 0.6 is 0 Å². The Bertz CT molecular complexity index is 293. The lowest BCUT2D eigenvalue weighted by molar-refractivity contribution is 0.0265. The fraction of sp³-hybridized carbons (Fsp3) is 1.00. The molecular weight excluding hydrogens is 220 g/mol. The zero-order valence-electron chi connectivity index (χ0n) is 13.0. The maximum atomic E-state index is 6.27. The van der Waals surface area contributed by atoms with Crippen LogP contribution in [0.3, 0.4) is 0 Å². The van der Waals surface area contributed by atoms with Gasteiger partial charge in [0, 0.05) is 24.7 Å². The molecule has 18 heavy (non-hydrogen) atoms. The Kier molecular flexibility index (Phi) is 3.81. The zero-order chi connectivity index (χ0) is 13.6. The largest absolute Gasteiger partial charge is 0.329 e. The van der Waals surface area contributed by atoms with Gasteiger partial charge in [0.1, 0.15) is 0 Å². The van der Waals surface area contributed by atoms with Gasteiger partial charge in [-0.3, -0.25) is 4.90 Å². The van der Waals surface area contributed by atoms with E-state index in [2.05, 4.69) is 39.5 Å². The Morgan fingerprint density at radius 1 is 1.28 bits per heavy atom. The SMILES string of the molecule is CC(C)N(CC1CC1)C1(CN)CC(C)(C)CC1C. The van der Waals surface area contributed by atoms with Crippen molar-refractivity contribution in [2.75, 3.05) is 13.1 Å². The topological polar surface area (TPSA) is 29.3 Å². The lowest BCUT2D eigenvalue weighted by Crippen LogP contribution is -2.59. The molecule has 0 amide bonds. The monoisotopic (exact) mass is 252 g/mol. The van der Waals surface area contributed by atoms with Gasteiger partial charge in [0.2, 0.25) is 0 Å². The summed E-state index contributed by atoms with van der Waals surface area (Å²) in [6, 6.07) is 0.616. The van der Waals surface area contributed by atoms with Gasteiger partial charge in [0.15, 0.2) is 0 Å². The van der Waals surface area contributed by atoms with Gasteiger partial charge in [0.05, 0.1) is 0 Å². The molecule has 2 rings (SSSR count). The molecule has 2 nitrogen and oxygen atoms in total. The molecule has 0 spiro atoms. The molecule has 0 aromatic carbocycles. The van der Waals surface area contributed by atoms with Crippen LogP contribution in [0.1, 0.15) is 60.3 Å². The van der Waals surface area contributed by atoms with E-state index in [-0.39, 0.29) is 5.54 Å². The molecule has 2 heteroatoms. The van der Waals surface area contributed by atoms with Crippen molar-refractivity contribution >= 4 is 0 Å². The second kappa shape index (κ2) is 4.79. The number of hydrogen-bond acceptors (Lipinski definition) is 2. The number of hydrogen-bond donors (Lipinski definition) is 1. The molecule has 2 aliphatic rings. The number of nitrogens with two attached hydrogens (primary N) is 1. The Morgan fingerprint density at radius 2 is 1.89 bits per heavy atom. The molecule has 2 atom stereocenters. The van der Waals surface area contributed by atoms with Gasteiger partial charge in [0.25, 0.3) is 0 Å². The predicted molar refractivity (Wildman–Crippen MR) is 78.5 cm³/mol. The Hall–Kier alpha value is -0.0800. The Balaban J connectivity index is 2.22. The van der Waals surface area contributed by atoms with Crippen LogP contribution < -0.4 is 5.73 Å². The van der Waals surface area contributed by atoms with Gasteiger partial charge in [-0.25, -0.2) is 0 Å². The molecule has 0 radical (unpaired) electrons. The van der Waals surface area contributed by atoms with E-state index >= 15 is 0 Å². The predicted octanol–water partition coefficient (Wildman–Crippen LogP) is 3.26. The third-order valence-corrected chi connectivity index (χ3v) is 5.26. The summed E-state index contributed by atoms with van der Waals surface area (Å²) in [5, 5.41) is 0. The van der Waals surface area contributed by atoms with Gasteiger partial charge in [-0.2, -0.15) is 0 Å². The third kappa shape index (κ3) is 2.60. The van der Waals surface area contributed by atoms with Crippen LogP contribution in [0, 0.1) is 17.3 Å². The van der Waals surface area contributed by atoms with Crippen molar-refractivity contribution in [2.24, 2.45) is 23.0 Å². The third-order valence-electron chi connectivity index (χ3n) is 5.26. The average molecular weight is 252 g/mol. The van der Waals surface area contributed by atoms with Crippen LogP contribution in [-0.2, 0) is 0 Å². The summed E-state index contributed by atoms with van der Waals surface area (Å²) in [6.07, 6.45) is 5.45. The van der Waals surface area contributed by atoms with Crippen molar-refractivity contribution in [3.8, 4) is 0 Å². The first-order chi connectivity index (χ1) is 8.31. The number of rotatable bonds is 5. The van der Waals surface area contributed by atoms with Gasteiger partial charge in [-0.05, 0) is 56.8 Å². The first-order valence-electron chi connectivity index (χ1n) is 7.77. The summed E-state index contributed by atoms with van der Waals surface area (Å²) in [4.78, 5) is 2.75. The molecule has 2 aliphatic carbocycles. The molecule has 0 saturated heterocycles. The maximum Gasteiger partial charge on any atom is 0.0365 e. The average Bonchev–Trinajstić information content (AvgIpc) is 3.01. The fourth-order valence-electron chi connectivity index (χ4n) is 4.35. The van der Waals surface area contributed by atoms with Crippen LogP contribution in [0.2, 0.25) is 0 Å². The molecule has 2 saturated carbocycles. The molecule has 2 fully saturated rings. The fourth-order valence-corrected chi connectivity index (χ4v) is 4.35. The molecule has 106 valence electrons. The maximum absolute atomic E-state index is 6.27. The minimum atomic E-state index is 0.250. The molecule has 0 heterocycles. The smallest absolute Gasteiger partial charge is 0.0365 e. The summed E-state index contributed by atoms with van der Waals surface area (Å²) in [5.74, 6) is 1.67. The van der Waals surface area contributed by atoms with Crippen molar-refractivity contribution in [2.45, 2.75) is 71.9 Å². The quantitative estimate of drug-likeness (QED) is 0.814. The minimum Gasteiger partial charge on any atom is -0.329 e. The summed E-state index contributed by atoms with van der Waals surface area (Å²) in [6.45, 7) is 14.0. The molecule has 0 bridgehead atoms. The van der Waals surface area contributed by atoms with Crippen molar-refractivity contribution < 1.29 is 0 Å². The molecular formula is C16H32N2. The van der Waals surface area contributed by atoms with E-state index in [0.717, 1.165) is 18.4 Å². The Labute approximate surface area is 113 Å². The highest BCUT2D eigenvalue weighted by atomic mass is 15.2. The van der Waals surface area contributed by atoms with Gasteiger partial charge < -0.3 is 5.73 Å². The van der Waals surface area contributed by atoms with Crippen molar-refractivity contribution in [1.29, 1.82) is 0 Å². The van der Waals surface area contributed by atoms with E-state index in [0.29, 0.717) is 11.5 Å². The van der Waals surface area contributed by atoms with Gasteiger partial charge >= 0.3 is 0 Å². The standard InChI is InChI=1S/C16H32N2/c1-12(2)18(9-14-6-7-14)16(11-17)10-15(4,5)8-13(16)3/h12-14H,6-11,17H2,1-5H3. The van der Waals surface area contributed by atoms with E-state index in [4.69, 9.17) is 5.73 Å². The second-order valence-corrected chi connectivity index (χ2v) is 7.94. The second-order valence-electron chi connectivity index (χ2n) is 7.94. The van der Waals surface area contributed by atoms with E-state index in [9.17, 15) is 0 Å². The molecule has 0 aromatic heterocycles. The van der Waals surface area contributed by atoms with Gasteiger partial charge in [-0.1, -0.05) is 20.8 Å². The highest BCUT2D eigenvalue weighted by molar-refractivity contribution is 5.07. The molecule has 0 aromatic rings. The highest BCUT2D eigenvalue weighted by Crippen LogP contribution is 2.51. The van der Waals surface area contributed by atoms with Crippen LogP contribution in [0.4, 0.5) is 0 Å². The van der Waals surface area contributed by atoms with Crippen LogP contribution in [0.15, 0.2) is 0 Å². The zero-order valence-corrected chi connectivity index (χ0v) is 13.0. The summed E-state index contributed by atoms with van der Waals surface area (Å²) >= 11 is 0. The minimum absolute atomic E-state index is 0.250. The van der Waals surface area contributed by atoms with Crippen LogP contribution in [-0.4, -0.2) is 29.6 Å². The summed E-state index contributed by atoms with van der Waals surface area (Å²) in [5.41, 5.74) is 6.98. The number of nitrogens with zero attached hydrogens (tertiary/aromatic N) is 1. The summed E-state index contributed by atoms with van der Waals surface area (Å²) < 4.78 is 0. The van der Waals surface area contributed by atoms with Gasteiger partial charge in [-0.15, -0.1) is 0 Å². The van der Waals surface area contributed by atoms with Crippen molar-refractivity contribution in [3.05, 3.63) is 0 Å². The van der Waals surface area contributed by atoms with E-state index in [1.807, 2.05) is 0 Å². The first-order valence-corrected chi connectivity index (χ1v) is 7.77. The normalized spacial score (nSPS) is 35.7. The molecule has 2 unspecified atom stereocenters. The highest BCUT2D eigenvalue weighted by Gasteiger charge is 2.52. The molecule has 0 aliphatic heterocycles. The van der Waals surface area contributed by atoms with E-state index < -0.39 is 0 Å². The summed E-state index contributed by atoms with van der Waals surface area (Å²) in [7, 11) is 0. The lowest BCUT2D eigenvalue weighted by Gasteiger charge is -2.47. The first kappa shape index (κ1) is 14.3. The van der Waals surface area contributed by atoms with Crippen molar-refractivity contribution in [3.63, 3.8) is 0 Å². The van der Waals surface area contributed by atoms with E-state index in [1.54, 1.807) is 0 Å². The lowest BCUT2D eigenvalue weighted by atomic mass is 9.83. The van der Waals surface area contributed by atoms with Crippen LogP contribution in [0.25, 0.3) is 0 Å². The molecule has 2 N–H and O–H groups in total. The Morgan fingerprint density at radius 3 is 2.22 bits per heavy atom. The van der Waals surface area contributed by atoms with Crippen molar-refractivity contribution in [1.82, 2.24) is 4.90 Å².